The molecule has 1 N–H and O–H groups in total. The zero-order valence-electron chi connectivity index (χ0n) is 15.9. The third-order valence-electron chi connectivity index (χ3n) is 4.26. The van der Waals surface area contributed by atoms with Crippen LogP contribution in [0.15, 0.2) is 17.3 Å². The standard InChI is InChI=1S/C17H30ClN5O.HI/c1-17(2)13-23(8-9-24-17)7-6-20-16(19-3)22(5)12-15-10-14(18)11-21(15)4;/h10-11H,6-9,12-13H2,1-5H3,(H,19,20);1H. The predicted octanol–water partition coefficient (Wildman–Crippen LogP) is 2.41. The number of morpholine rings is 1. The number of nitrogens with one attached hydrogen (secondary N) is 1. The molecule has 0 aromatic carbocycles. The van der Waals surface area contributed by atoms with Crippen LogP contribution in [0.3, 0.4) is 0 Å². The number of nitrogens with zero attached hydrogens (tertiary/aromatic N) is 4. The molecule has 0 spiro atoms. The number of aryl methyl sites for hydroxylation is 1. The largest absolute Gasteiger partial charge is 0.373 e. The van der Waals surface area contributed by atoms with E-state index in [-0.39, 0.29) is 29.6 Å². The molecule has 2 rings (SSSR count). The van der Waals surface area contributed by atoms with Crippen molar-refractivity contribution in [2.75, 3.05) is 46.9 Å². The molecule has 1 aliphatic heterocycles. The van der Waals surface area contributed by atoms with Gasteiger partial charge in [0.25, 0.3) is 0 Å². The maximum absolute atomic E-state index is 6.05. The third kappa shape index (κ3) is 6.96. The van der Waals surface area contributed by atoms with Crippen molar-refractivity contribution in [1.82, 2.24) is 19.7 Å². The first-order valence-corrected chi connectivity index (χ1v) is 8.77. The molecule has 1 aromatic heterocycles. The molecule has 0 atom stereocenters. The molecule has 8 heteroatoms. The fourth-order valence-corrected chi connectivity index (χ4v) is 3.33. The first-order valence-electron chi connectivity index (χ1n) is 8.39. The third-order valence-corrected chi connectivity index (χ3v) is 4.47. The second-order valence-corrected chi connectivity index (χ2v) is 7.41. The number of halogens is 2. The van der Waals surface area contributed by atoms with Gasteiger partial charge in [-0.1, -0.05) is 11.6 Å². The average Bonchev–Trinajstić information content (AvgIpc) is 2.80. The highest BCUT2D eigenvalue weighted by molar-refractivity contribution is 14.0. The van der Waals surface area contributed by atoms with Crippen LogP contribution in [0.5, 0.6) is 0 Å². The minimum atomic E-state index is -0.0531. The van der Waals surface area contributed by atoms with E-state index in [2.05, 4.69) is 34.0 Å². The predicted molar refractivity (Wildman–Crippen MR) is 115 cm³/mol. The fourth-order valence-electron chi connectivity index (χ4n) is 3.06. The van der Waals surface area contributed by atoms with Gasteiger partial charge in [-0.15, -0.1) is 24.0 Å². The molecule has 0 radical (unpaired) electrons. The Morgan fingerprint density at radius 3 is 2.76 bits per heavy atom. The Labute approximate surface area is 173 Å². The number of guanidine groups is 1. The minimum absolute atomic E-state index is 0. The molecule has 25 heavy (non-hydrogen) atoms. The van der Waals surface area contributed by atoms with Crippen LogP contribution in [-0.4, -0.2) is 72.8 Å². The smallest absolute Gasteiger partial charge is 0.193 e. The van der Waals surface area contributed by atoms with Crippen LogP contribution in [0.2, 0.25) is 5.02 Å². The molecular weight excluding hydrogens is 453 g/mol. The molecule has 0 amide bonds. The highest BCUT2D eigenvalue weighted by Crippen LogP contribution is 2.16. The molecular formula is C17H31ClIN5O. The van der Waals surface area contributed by atoms with Crippen LogP contribution in [0.1, 0.15) is 19.5 Å². The van der Waals surface area contributed by atoms with Gasteiger partial charge in [-0.25, -0.2) is 0 Å². The summed E-state index contributed by atoms with van der Waals surface area (Å²) in [6.07, 6.45) is 1.92. The van der Waals surface area contributed by atoms with Crippen LogP contribution in [0, 0.1) is 0 Å². The van der Waals surface area contributed by atoms with E-state index in [9.17, 15) is 0 Å². The van der Waals surface area contributed by atoms with Crippen molar-refractivity contribution >= 4 is 41.5 Å². The van der Waals surface area contributed by atoms with E-state index >= 15 is 0 Å². The van der Waals surface area contributed by atoms with Crippen molar-refractivity contribution in [3.05, 3.63) is 23.0 Å². The number of ether oxygens (including phenoxy) is 1. The Morgan fingerprint density at radius 1 is 1.48 bits per heavy atom. The lowest BCUT2D eigenvalue weighted by Gasteiger charge is -2.38. The van der Waals surface area contributed by atoms with E-state index in [4.69, 9.17) is 16.3 Å². The quantitative estimate of drug-likeness (QED) is 0.397. The second-order valence-electron chi connectivity index (χ2n) is 6.97. The lowest BCUT2D eigenvalue weighted by atomic mass is 10.1. The summed E-state index contributed by atoms with van der Waals surface area (Å²) in [6, 6.07) is 1.99. The van der Waals surface area contributed by atoms with Crippen molar-refractivity contribution < 1.29 is 4.74 Å². The van der Waals surface area contributed by atoms with Crippen molar-refractivity contribution in [2.24, 2.45) is 12.0 Å². The van der Waals surface area contributed by atoms with E-state index in [0.29, 0.717) is 0 Å². The Balaban J connectivity index is 0.00000312. The first kappa shape index (κ1) is 22.5. The SMILES string of the molecule is CN=C(NCCN1CCOC(C)(C)C1)N(C)Cc1cc(Cl)cn1C.I. The Bertz CT molecular complexity index is 575. The van der Waals surface area contributed by atoms with Gasteiger partial charge >= 0.3 is 0 Å². The van der Waals surface area contributed by atoms with Crippen molar-refractivity contribution in [3.63, 3.8) is 0 Å². The van der Waals surface area contributed by atoms with Crippen LogP contribution in [0.25, 0.3) is 0 Å². The molecule has 0 bridgehead atoms. The molecule has 1 fully saturated rings. The molecule has 0 unspecified atom stereocenters. The van der Waals surface area contributed by atoms with Gasteiger partial charge in [0, 0.05) is 59.2 Å². The Kier molecular flexibility index (Phi) is 9.00. The van der Waals surface area contributed by atoms with Crippen molar-refractivity contribution in [1.29, 1.82) is 0 Å². The molecule has 2 heterocycles. The number of hydrogen-bond acceptors (Lipinski definition) is 3. The number of aromatic nitrogens is 1. The molecule has 1 aliphatic rings. The summed E-state index contributed by atoms with van der Waals surface area (Å²) in [4.78, 5) is 8.92. The fraction of sp³-hybridized carbons (Fsp3) is 0.706. The highest BCUT2D eigenvalue weighted by atomic mass is 127. The average molecular weight is 484 g/mol. The van der Waals surface area contributed by atoms with Crippen LogP contribution >= 0.6 is 35.6 Å². The molecule has 0 aliphatic carbocycles. The lowest BCUT2D eigenvalue weighted by Crippen LogP contribution is -2.50. The monoisotopic (exact) mass is 483 g/mol. The van der Waals surface area contributed by atoms with Crippen molar-refractivity contribution in [3.8, 4) is 0 Å². The van der Waals surface area contributed by atoms with Gasteiger partial charge in [0.1, 0.15) is 0 Å². The van der Waals surface area contributed by atoms with Gasteiger partial charge in [0.2, 0.25) is 0 Å². The van der Waals surface area contributed by atoms with Gasteiger partial charge < -0.3 is 19.5 Å². The number of aliphatic imine (C=N–C) groups is 1. The van der Waals surface area contributed by atoms with E-state index < -0.39 is 0 Å². The van der Waals surface area contributed by atoms with E-state index in [1.165, 1.54) is 0 Å². The topological polar surface area (TPSA) is 45.0 Å². The summed E-state index contributed by atoms with van der Waals surface area (Å²) in [6.45, 7) is 9.64. The summed E-state index contributed by atoms with van der Waals surface area (Å²) in [7, 11) is 5.86. The van der Waals surface area contributed by atoms with Crippen LogP contribution < -0.4 is 5.32 Å². The normalized spacial score (nSPS) is 17.9. The van der Waals surface area contributed by atoms with Gasteiger partial charge in [-0.2, -0.15) is 0 Å². The maximum Gasteiger partial charge on any atom is 0.193 e. The zero-order valence-corrected chi connectivity index (χ0v) is 19.0. The van der Waals surface area contributed by atoms with Crippen LogP contribution in [-0.2, 0) is 18.3 Å². The lowest BCUT2D eigenvalue weighted by molar-refractivity contribution is -0.0852. The summed E-state index contributed by atoms with van der Waals surface area (Å²) in [5, 5.41) is 4.20. The second kappa shape index (κ2) is 9.99. The number of hydrogen-bond donors (Lipinski definition) is 1. The molecule has 1 aromatic rings. The molecule has 6 nitrogen and oxygen atoms in total. The summed E-state index contributed by atoms with van der Waals surface area (Å²) >= 11 is 6.05. The minimum Gasteiger partial charge on any atom is -0.373 e. The first-order chi connectivity index (χ1) is 11.3. The zero-order chi connectivity index (χ0) is 17.7. The summed E-state index contributed by atoms with van der Waals surface area (Å²) < 4.78 is 7.80. The van der Waals surface area contributed by atoms with Gasteiger partial charge in [-0.3, -0.25) is 9.89 Å². The van der Waals surface area contributed by atoms with Gasteiger partial charge in [-0.05, 0) is 19.9 Å². The summed E-state index contributed by atoms with van der Waals surface area (Å²) in [5.41, 5.74) is 1.10. The van der Waals surface area contributed by atoms with E-state index in [1.54, 1.807) is 0 Å². The molecule has 144 valence electrons. The van der Waals surface area contributed by atoms with Gasteiger partial charge in [0.15, 0.2) is 5.96 Å². The highest BCUT2D eigenvalue weighted by Gasteiger charge is 2.26. The summed E-state index contributed by atoms with van der Waals surface area (Å²) in [5.74, 6) is 0.889. The van der Waals surface area contributed by atoms with E-state index in [1.807, 2.05) is 38.0 Å². The van der Waals surface area contributed by atoms with Crippen LogP contribution in [0.4, 0.5) is 0 Å². The van der Waals surface area contributed by atoms with Crippen molar-refractivity contribution in [2.45, 2.75) is 26.0 Å². The Hall–Kier alpha value is -0.510. The molecule has 0 saturated carbocycles. The maximum atomic E-state index is 6.05. The van der Waals surface area contributed by atoms with Gasteiger partial charge in [0.05, 0.1) is 23.8 Å². The molecule has 1 saturated heterocycles. The number of rotatable bonds is 5. The Morgan fingerprint density at radius 2 is 2.20 bits per heavy atom. The van der Waals surface area contributed by atoms with E-state index in [0.717, 1.165) is 56.0 Å².